The number of amides is 1. The lowest BCUT2D eigenvalue weighted by atomic mass is 10.1. The molecule has 0 aliphatic heterocycles. The first kappa shape index (κ1) is 23.6. The van der Waals surface area contributed by atoms with E-state index in [0.29, 0.717) is 43.0 Å². The molecule has 2 aromatic carbocycles. The molecular weight excluding hydrogens is 430 g/mol. The van der Waals surface area contributed by atoms with E-state index in [4.69, 9.17) is 4.74 Å². The molecule has 4 rings (SSSR count). The standard InChI is InChI=1S/C26H31N5O3/c1-17(2)34-15-7-14-30-25(33)21-8-5-6-9-22(21)31-23(28-29-26(30)31)12-13-24(32)27-20-11-10-18(3)19(4)16-20/h5-6,8-11,16-17H,7,12-15H2,1-4H3,(H,27,32). The van der Waals surface area contributed by atoms with Gasteiger partial charge in [0, 0.05) is 31.7 Å². The van der Waals surface area contributed by atoms with Crippen molar-refractivity contribution in [3.8, 4) is 0 Å². The fourth-order valence-electron chi connectivity index (χ4n) is 3.99. The van der Waals surface area contributed by atoms with Crippen molar-refractivity contribution in [2.75, 3.05) is 11.9 Å². The lowest BCUT2D eigenvalue weighted by molar-refractivity contribution is -0.116. The molecule has 8 heteroatoms. The van der Waals surface area contributed by atoms with E-state index < -0.39 is 0 Å². The smallest absolute Gasteiger partial charge is 0.262 e. The van der Waals surface area contributed by atoms with Crippen molar-refractivity contribution in [2.24, 2.45) is 0 Å². The molecule has 0 radical (unpaired) electrons. The number of anilines is 1. The van der Waals surface area contributed by atoms with E-state index in [1.165, 1.54) is 5.56 Å². The van der Waals surface area contributed by atoms with Crippen LogP contribution < -0.4 is 10.9 Å². The second-order valence-electron chi connectivity index (χ2n) is 8.85. The van der Waals surface area contributed by atoms with Gasteiger partial charge in [0.25, 0.3) is 5.56 Å². The van der Waals surface area contributed by atoms with Crippen LogP contribution >= 0.6 is 0 Å². The minimum absolute atomic E-state index is 0.0940. The summed E-state index contributed by atoms with van der Waals surface area (Å²) < 4.78 is 9.18. The highest BCUT2D eigenvalue weighted by Gasteiger charge is 2.17. The van der Waals surface area contributed by atoms with Gasteiger partial charge in [-0.2, -0.15) is 0 Å². The Morgan fingerprint density at radius 2 is 1.88 bits per heavy atom. The lowest BCUT2D eigenvalue weighted by Gasteiger charge is -2.12. The number of benzene rings is 2. The van der Waals surface area contributed by atoms with Crippen LogP contribution in [-0.2, 0) is 22.5 Å². The summed E-state index contributed by atoms with van der Waals surface area (Å²) in [6, 6.07) is 13.3. The van der Waals surface area contributed by atoms with Gasteiger partial charge in [0.15, 0.2) is 0 Å². The Kier molecular flexibility index (Phi) is 7.07. The zero-order chi connectivity index (χ0) is 24.2. The summed E-state index contributed by atoms with van der Waals surface area (Å²) in [6.45, 7) is 9.07. The lowest BCUT2D eigenvalue weighted by Crippen LogP contribution is -2.24. The van der Waals surface area contributed by atoms with Crippen LogP contribution in [0.4, 0.5) is 5.69 Å². The number of hydrogen-bond acceptors (Lipinski definition) is 5. The summed E-state index contributed by atoms with van der Waals surface area (Å²) >= 11 is 0. The Morgan fingerprint density at radius 1 is 1.09 bits per heavy atom. The minimum Gasteiger partial charge on any atom is -0.379 e. The van der Waals surface area contributed by atoms with Gasteiger partial charge in [0.2, 0.25) is 11.7 Å². The molecule has 1 amide bonds. The van der Waals surface area contributed by atoms with Gasteiger partial charge >= 0.3 is 0 Å². The third kappa shape index (κ3) is 5.02. The Morgan fingerprint density at radius 3 is 2.65 bits per heavy atom. The van der Waals surface area contributed by atoms with Crippen molar-refractivity contribution in [3.63, 3.8) is 0 Å². The number of nitrogens with one attached hydrogen (secondary N) is 1. The SMILES string of the molecule is Cc1ccc(NC(=O)CCc2nnc3n(CCCOC(C)C)c(=O)c4ccccc4n23)cc1C. The Balaban J connectivity index is 1.59. The summed E-state index contributed by atoms with van der Waals surface area (Å²) in [6.07, 6.45) is 1.48. The van der Waals surface area contributed by atoms with Crippen LogP contribution in [0.3, 0.4) is 0 Å². The van der Waals surface area contributed by atoms with E-state index in [-0.39, 0.29) is 24.0 Å². The molecule has 4 aromatic rings. The maximum atomic E-state index is 13.2. The molecule has 0 atom stereocenters. The third-order valence-corrected chi connectivity index (χ3v) is 5.92. The molecule has 0 aliphatic carbocycles. The topological polar surface area (TPSA) is 90.5 Å². The molecule has 2 aromatic heterocycles. The number of carbonyl (C=O) groups excluding carboxylic acids is 1. The normalized spacial score (nSPS) is 11.6. The van der Waals surface area contributed by atoms with Gasteiger partial charge in [0.1, 0.15) is 5.82 Å². The number of nitrogens with zero attached hydrogens (tertiary/aromatic N) is 4. The van der Waals surface area contributed by atoms with Gasteiger partial charge in [-0.15, -0.1) is 10.2 Å². The molecular formula is C26H31N5O3. The van der Waals surface area contributed by atoms with E-state index in [1.54, 1.807) is 4.57 Å². The van der Waals surface area contributed by atoms with Crippen molar-refractivity contribution in [3.05, 3.63) is 69.8 Å². The first-order chi connectivity index (χ1) is 16.3. The number of carbonyl (C=O) groups is 1. The molecule has 0 aliphatic rings. The first-order valence-corrected chi connectivity index (χ1v) is 11.7. The second kappa shape index (κ2) is 10.2. The van der Waals surface area contributed by atoms with Crippen molar-refractivity contribution in [2.45, 2.75) is 59.6 Å². The van der Waals surface area contributed by atoms with E-state index in [0.717, 1.165) is 16.8 Å². The molecule has 34 heavy (non-hydrogen) atoms. The van der Waals surface area contributed by atoms with Crippen LogP contribution in [0.25, 0.3) is 16.7 Å². The van der Waals surface area contributed by atoms with Crippen LogP contribution in [-0.4, -0.2) is 37.8 Å². The Hall–Kier alpha value is -3.52. The summed E-state index contributed by atoms with van der Waals surface area (Å²) in [4.78, 5) is 25.8. The largest absolute Gasteiger partial charge is 0.379 e. The zero-order valence-electron chi connectivity index (χ0n) is 20.2. The van der Waals surface area contributed by atoms with E-state index >= 15 is 0 Å². The highest BCUT2D eigenvalue weighted by Crippen LogP contribution is 2.17. The highest BCUT2D eigenvalue weighted by atomic mass is 16.5. The van der Waals surface area contributed by atoms with Gasteiger partial charge in [-0.1, -0.05) is 18.2 Å². The summed E-state index contributed by atoms with van der Waals surface area (Å²) in [5.74, 6) is 1.04. The minimum atomic E-state index is -0.0981. The predicted octanol–water partition coefficient (Wildman–Crippen LogP) is 4.05. The first-order valence-electron chi connectivity index (χ1n) is 11.7. The third-order valence-electron chi connectivity index (χ3n) is 5.92. The number of aromatic nitrogens is 4. The predicted molar refractivity (Wildman–Crippen MR) is 133 cm³/mol. The number of ether oxygens (including phenoxy) is 1. The average Bonchev–Trinajstić information content (AvgIpc) is 3.23. The van der Waals surface area contributed by atoms with Crippen molar-refractivity contribution in [1.82, 2.24) is 19.2 Å². The van der Waals surface area contributed by atoms with E-state index in [9.17, 15) is 9.59 Å². The van der Waals surface area contributed by atoms with E-state index in [2.05, 4.69) is 15.5 Å². The maximum absolute atomic E-state index is 13.2. The van der Waals surface area contributed by atoms with Crippen molar-refractivity contribution in [1.29, 1.82) is 0 Å². The quantitative estimate of drug-likeness (QED) is 0.380. The molecule has 0 bridgehead atoms. The summed E-state index contributed by atoms with van der Waals surface area (Å²) in [5, 5.41) is 12.2. The number of para-hydroxylation sites is 1. The van der Waals surface area contributed by atoms with Gasteiger partial charge < -0.3 is 10.1 Å². The monoisotopic (exact) mass is 461 g/mol. The second-order valence-corrected chi connectivity index (χ2v) is 8.85. The molecule has 0 spiro atoms. The molecule has 0 unspecified atom stereocenters. The van der Waals surface area contributed by atoms with Crippen molar-refractivity contribution >= 4 is 28.3 Å². The van der Waals surface area contributed by atoms with E-state index in [1.807, 2.05) is 74.6 Å². The molecule has 2 heterocycles. The molecule has 8 nitrogen and oxygen atoms in total. The van der Waals surface area contributed by atoms with Crippen LogP contribution in [0.15, 0.2) is 47.3 Å². The van der Waals surface area contributed by atoms with Crippen molar-refractivity contribution < 1.29 is 9.53 Å². The molecule has 1 N–H and O–H groups in total. The van der Waals surface area contributed by atoms with Gasteiger partial charge in [-0.3, -0.25) is 18.6 Å². The average molecular weight is 462 g/mol. The zero-order valence-corrected chi connectivity index (χ0v) is 20.2. The van der Waals surface area contributed by atoms with Gasteiger partial charge in [0.05, 0.1) is 17.0 Å². The fraction of sp³-hybridized carbons (Fsp3) is 0.385. The number of fused-ring (bicyclic) bond motifs is 3. The molecule has 0 saturated carbocycles. The van der Waals surface area contributed by atoms with Crippen LogP contribution in [0.2, 0.25) is 0 Å². The number of aryl methyl sites for hydroxylation is 4. The van der Waals surface area contributed by atoms with Gasteiger partial charge in [-0.25, -0.2) is 0 Å². The maximum Gasteiger partial charge on any atom is 0.262 e. The summed E-state index contributed by atoms with van der Waals surface area (Å²) in [7, 11) is 0. The Bertz CT molecular complexity index is 1390. The molecule has 0 saturated heterocycles. The fourth-order valence-corrected chi connectivity index (χ4v) is 3.99. The molecule has 0 fully saturated rings. The Labute approximate surface area is 198 Å². The molecule has 178 valence electrons. The highest BCUT2D eigenvalue weighted by molar-refractivity contribution is 5.91. The number of rotatable bonds is 9. The van der Waals surface area contributed by atoms with Gasteiger partial charge in [-0.05, 0) is 69.5 Å². The van der Waals surface area contributed by atoms with Crippen LogP contribution in [0.5, 0.6) is 0 Å². The van der Waals surface area contributed by atoms with Crippen LogP contribution in [0.1, 0.15) is 43.6 Å². The van der Waals surface area contributed by atoms with Crippen LogP contribution in [0, 0.1) is 13.8 Å². The summed E-state index contributed by atoms with van der Waals surface area (Å²) in [5.41, 5.74) is 3.74. The number of hydrogen-bond donors (Lipinski definition) is 1.